The molecule has 1 aromatic heterocycles. The van der Waals surface area contributed by atoms with Gasteiger partial charge in [0.2, 0.25) is 0 Å². The minimum atomic E-state index is 0.683. The highest BCUT2D eigenvalue weighted by molar-refractivity contribution is 7.13. The summed E-state index contributed by atoms with van der Waals surface area (Å²) in [5, 5.41) is 6.34. The van der Waals surface area contributed by atoms with Crippen LogP contribution < -0.4 is 11.1 Å². The molecule has 0 radical (unpaired) electrons. The molecule has 0 aliphatic heterocycles. The average Bonchev–Trinajstić information content (AvgIpc) is 2.66. The Morgan fingerprint density at radius 3 is 2.87 bits per heavy atom. The third-order valence-corrected chi connectivity index (χ3v) is 3.71. The second kappa shape index (κ2) is 5.47. The summed E-state index contributed by atoms with van der Waals surface area (Å²) in [6, 6.07) is 0.745. The summed E-state index contributed by atoms with van der Waals surface area (Å²) in [4.78, 5) is 4.25. The molecule has 0 amide bonds. The summed E-state index contributed by atoms with van der Waals surface area (Å²) in [6.07, 6.45) is 7.89. The first-order chi connectivity index (χ1) is 7.34. The summed E-state index contributed by atoms with van der Waals surface area (Å²) < 4.78 is 0. The predicted octanol–water partition coefficient (Wildman–Crippen LogP) is 2.19. The fourth-order valence-electron chi connectivity index (χ4n) is 2.15. The number of nitrogens with zero attached hydrogens (tertiary/aromatic N) is 1. The van der Waals surface area contributed by atoms with E-state index in [0.29, 0.717) is 5.13 Å². The minimum absolute atomic E-state index is 0.683. The molecule has 0 atom stereocenters. The van der Waals surface area contributed by atoms with Crippen molar-refractivity contribution in [1.82, 2.24) is 10.3 Å². The van der Waals surface area contributed by atoms with Gasteiger partial charge >= 0.3 is 0 Å². The van der Waals surface area contributed by atoms with Crippen molar-refractivity contribution in [3.05, 3.63) is 11.1 Å². The molecule has 84 valence electrons. The van der Waals surface area contributed by atoms with Crippen LogP contribution in [0.5, 0.6) is 0 Å². The molecule has 0 bridgehead atoms. The van der Waals surface area contributed by atoms with Gasteiger partial charge in [0.25, 0.3) is 0 Å². The van der Waals surface area contributed by atoms with Gasteiger partial charge < -0.3 is 11.1 Å². The molecule has 1 saturated carbocycles. The zero-order valence-electron chi connectivity index (χ0n) is 9.04. The Morgan fingerprint density at radius 2 is 2.20 bits per heavy atom. The van der Waals surface area contributed by atoms with Crippen LogP contribution in [0.3, 0.4) is 0 Å². The summed E-state index contributed by atoms with van der Waals surface area (Å²) in [7, 11) is 0. The Bertz CT molecular complexity index is 292. The van der Waals surface area contributed by atoms with E-state index in [4.69, 9.17) is 5.73 Å². The van der Waals surface area contributed by atoms with E-state index in [9.17, 15) is 0 Å². The van der Waals surface area contributed by atoms with Crippen molar-refractivity contribution in [3.63, 3.8) is 0 Å². The van der Waals surface area contributed by atoms with Crippen molar-refractivity contribution in [3.8, 4) is 0 Å². The predicted molar refractivity (Wildman–Crippen MR) is 65.1 cm³/mol. The maximum atomic E-state index is 5.58. The van der Waals surface area contributed by atoms with Crippen molar-refractivity contribution >= 4 is 16.5 Å². The Morgan fingerprint density at radius 1 is 1.40 bits per heavy atom. The van der Waals surface area contributed by atoms with Crippen LogP contribution in [-0.4, -0.2) is 17.6 Å². The lowest BCUT2D eigenvalue weighted by atomic mass is 9.95. The maximum Gasteiger partial charge on any atom is 0.180 e. The Balaban J connectivity index is 1.65. The van der Waals surface area contributed by atoms with Crippen molar-refractivity contribution < 1.29 is 0 Å². The number of rotatable bonds is 4. The average molecular weight is 225 g/mol. The standard InChI is InChI=1S/C11H19N3S/c12-11-14-10(8-15-11)6-7-13-9-4-2-1-3-5-9/h8-9,13H,1-7H2,(H2,12,14). The van der Waals surface area contributed by atoms with Crippen LogP contribution in [0.4, 0.5) is 5.13 Å². The zero-order valence-corrected chi connectivity index (χ0v) is 9.85. The van der Waals surface area contributed by atoms with Crippen molar-refractivity contribution in [1.29, 1.82) is 0 Å². The van der Waals surface area contributed by atoms with Crippen LogP contribution in [0.2, 0.25) is 0 Å². The second-order valence-electron chi connectivity index (χ2n) is 4.22. The van der Waals surface area contributed by atoms with Crippen LogP contribution in [0.1, 0.15) is 37.8 Å². The molecular formula is C11H19N3S. The number of nitrogen functional groups attached to an aromatic ring is 1. The van der Waals surface area contributed by atoms with Gasteiger partial charge in [0.15, 0.2) is 5.13 Å². The normalized spacial score (nSPS) is 18.1. The van der Waals surface area contributed by atoms with Gasteiger partial charge in [-0.15, -0.1) is 11.3 Å². The summed E-state index contributed by atoms with van der Waals surface area (Å²) in [6.45, 7) is 1.04. The molecule has 0 unspecified atom stereocenters. The van der Waals surface area contributed by atoms with E-state index in [1.54, 1.807) is 0 Å². The number of hydrogen-bond donors (Lipinski definition) is 2. The molecule has 0 spiro atoms. The van der Waals surface area contributed by atoms with E-state index in [-0.39, 0.29) is 0 Å². The third-order valence-electron chi connectivity index (χ3n) is 2.99. The topological polar surface area (TPSA) is 50.9 Å². The number of thiazole rings is 1. The summed E-state index contributed by atoms with van der Waals surface area (Å²) >= 11 is 1.53. The van der Waals surface area contributed by atoms with Crippen molar-refractivity contribution in [2.75, 3.05) is 12.3 Å². The van der Waals surface area contributed by atoms with Gasteiger partial charge in [-0.25, -0.2) is 4.98 Å². The first-order valence-corrected chi connectivity index (χ1v) is 6.66. The number of anilines is 1. The van der Waals surface area contributed by atoms with Crippen molar-refractivity contribution in [2.45, 2.75) is 44.6 Å². The lowest BCUT2D eigenvalue weighted by Crippen LogP contribution is -2.32. The number of aromatic nitrogens is 1. The molecule has 0 aromatic carbocycles. The quantitative estimate of drug-likeness (QED) is 0.826. The van der Waals surface area contributed by atoms with E-state index in [0.717, 1.165) is 24.7 Å². The first-order valence-electron chi connectivity index (χ1n) is 5.78. The van der Waals surface area contributed by atoms with Crippen LogP contribution in [-0.2, 0) is 6.42 Å². The first kappa shape index (κ1) is 10.9. The van der Waals surface area contributed by atoms with Gasteiger partial charge in [-0.1, -0.05) is 19.3 Å². The molecule has 0 saturated heterocycles. The SMILES string of the molecule is Nc1nc(CCNC2CCCCC2)cs1. The molecule has 15 heavy (non-hydrogen) atoms. The minimum Gasteiger partial charge on any atom is -0.375 e. The lowest BCUT2D eigenvalue weighted by Gasteiger charge is -2.22. The van der Waals surface area contributed by atoms with Gasteiger partial charge in [0.05, 0.1) is 5.69 Å². The van der Waals surface area contributed by atoms with Gasteiger partial charge in [-0.2, -0.15) is 0 Å². The molecular weight excluding hydrogens is 206 g/mol. The number of nitrogens with two attached hydrogens (primary N) is 1. The molecule has 3 nitrogen and oxygen atoms in total. The van der Waals surface area contributed by atoms with Crippen molar-refractivity contribution in [2.24, 2.45) is 0 Å². The highest BCUT2D eigenvalue weighted by Crippen LogP contribution is 2.17. The number of nitrogens with one attached hydrogen (secondary N) is 1. The lowest BCUT2D eigenvalue weighted by molar-refractivity contribution is 0.375. The van der Waals surface area contributed by atoms with Gasteiger partial charge in [-0.05, 0) is 12.8 Å². The van der Waals surface area contributed by atoms with Crippen LogP contribution in [0.15, 0.2) is 5.38 Å². The Kier molecular flexibility index (Phi) is 3.97. The molecule has 1 heterocycles. The van der Waals surface area contributed by atoms with Crippen LogP contribution >= 0.6 is 11.3 Å². The van der Waals surface area contributed by atoms with Gasteiger partial charge in [0, 0.05) is 24.4 Å². The largest absolute Gasteiger partial charge is 0.375 e. The Labute approximate surface area is 95.1 Å². The molecule has 1 aliphatic rings. The summed E-state index contributed by atoms with van der Waals surface area (Å²) in [5.41, 5.74) is 6.71. The second-order valence-corrected chi connectivity index (χ2v) is 5.11. The van der Waals surface area contributed by atoms with E-state index >= 15 is 0 Å². The van der Waals surface area contributed by atoms with Crippen LogP contribution in [0.25, 0.3) is 0 Å². The van der Waals surface area contributed by atoms with E-state index < -0.39 is 0 Å². The van der Waals surface area contributed by atoms with E-state index in [1.807, 2.05) is 0 Å². The zero-order chi connectivity index (χ0) is 10.5. The smallest absolute Gasteiger partial charge is 0.180 e. The van der Waals surface area contributed by atoms with Gasteiger partial charge in [-0.3, -0.25) is 0 Å². The molecule has 1 aromatic rings. The molecule has 1 fully saturated rings. The highest BCUT2D eigenvalue weighted by atomic mass is 32.1. The van der Waals surface area contributed by atoms with E-state index in [1.165, 1.54) is 43.4 Å². The number of hydrogen-bond acceptors (Lipinski definition) is 4. The van der Waals surface area contributed by atoms with E-state index in [2.05, 4.69) is 15.7 Å². The van der Waals surface area contributed by atoms with Gasteiger partial charge in [0.1, 0.15) is 0 Å². The molecule has 4 heteroatoms. The Hall–Kier alpha value is -0.610. The molecule has 3 N–H and O–H groups in total. The molecule has 2 rings (SSSR count). The fourth-order valence-corrected chi connectivity index (χ4v) is 2.75. The molecule has 1 aliphatic carbocycles. The monoisotopic (exact) mass is 225 g/mol. The summed E-state index contributed by atoms with van der Waals surface area (Å²) in [5.74, 6) is 0. The van der Waals surface area contributed by atoms with Crippen LogP contribution in [0, 0.1) is 0 Å². The highest BCUT2D eigenvalue weighted by Gasteiger charge is 2.12. The maximum absolute atomic E-state index is 5.58. The fraction of sp³-hybridized carbons (Fsp3) is 0.727. The third kappa shape index (κ3) is 3.47.